The third kappa shape index (κ3) is 6.84. The van der Waals surface area contributed by atoms with E-state index in [1.807, 2.05) is 23.1 Å². The third-order valence-corrected chi connectivity index (χ3v) is 12.4. The molecule has 1 aliphatic carbocycles. The van der Waals surface area contributed by atoms with Crippen LogP contribution in [0.5, 0.6) is 5.88 Å². The van der Waals surface area contributed by atoms with E-state index in [4.69, 9.17) is 37.7 Å². The number of amides is 2. The van der Waals surface area contributed by atoms with Crippen molar-refractivity contribution in [3.8, 4) is 28.3 Å². The van der Waals surface area contributed by atoms with E-state index in [-0.39, 0.29) is 45.2 Å². The van der Waals surface area contributed by atoms with E-state index in [1.165, 1.54) is 14.1 Å². The Morgan fingerprint density at radius 1 is 0.966 bits per heavy atom. The van der Waals surface area contributed by atoms with Crippen LogP contribution >= 0.6 is 23.2 Å². The number of likely N-dealkylation sites (tertiary alicyclic amines) is 1. The van der Waals surface area contributed by atoms with Crippen molar-refractivity contribution in [1.29, 1.82) is 0 Å². The normalized spacial score (nSPS) is 19.4. The smallest absolute Gasteiger partial charge is 0.332 e. The van der Waals surface area contributed by atoms with Crippen LogP contribution in [-0.2, 0) is 25.3 Å². The number of rotatable bonds is 10. The Labute approximate surface area is 341 Å². The van der Waals surface area contributed by atoms with Crippen molar-refractivity contribution in [2.24, 2.45) is 14.1 Å². The molecule has 18 heteroatoms. The average Bonchev–Trinajstić information content (AvgIpc) is 3.83. The minimum Gasteiger partial charge on any atom is -0.481 e. The van der Waals surface area contributed by atoms with Gasteiger partial charge in [-0.2, -0.15) is 0 Å². The second-order valence-electron chi connectivity index (χ2n) is 14.9. The lowest BCUT2D eigenvalue weighted by Gasteiger charge is -2.40. The quantitative estimate of drug-likeness (QED) is 0.166. The van der Waals surface area contributed by atoms with Gasteiger partial charge >= 0.3 is 11.7 Å². The van der Waals surface area contributed by atoms with Crippen LogP contribution in [0, 0.1) is 0 Å². The number of urea groups is 1. The maximum atomic E-state index is 13.9. The number of ether oxygens (including phenoxy) is 2. The van der Waals surface area contributed by atoms with Crippen molar-refractivity contribution in [3.05, 3.63) is 90.3 Å². The average molecular weight is 837 g/mol. The van der Waals surface area contributed by atoms with Gasteiger partial charge in [0.15, 0.2) is 11.5 Å². The molecule has 58 heavy (non-hydrogen) atoms. The second kappa shape index (κ2) is 15.5. The van der Waals surface area contributed by atoms with Gasteiger partial charge < -0.3 is 25.0 Å². The van der Waals surface area contributed by atoms with Crippen LogP contribution in [-0.4, -0.2) is 92.5 Å². The largest absolute Gasteiger partial charge is 0.481 e. The number of pyridine rings is 1. The molecule has 0 radical (unpaired) electrons. The molecule has 0 saturated carbocycles. The number of anilines is 2. The molecule has 5 heterocycles. The monoisotopic (exact) mass is 835 g/mol. The van der Waals surface area contributed by atoms with E-state index in [2.05, 4.69) is 31.6 Å². The van der Waals surface area contributed by atoms with Gasteiger partial charge in [-0.25, -0.2) is 33.3 Å². The predicted octanol–water partition coefficient (Wildman–Crippen LogP) is 6.25. The van der Waals surface area contributed by atoms with Gasteiger partial charge in [0.05, 0.1) is 40.7 Å². The van der Waals surface area contributed by atoms with Crippen LogP contribution < -0.4 is 26.6 Å². The highest BCUT2D eigenvalue weighted by Gasteiger charge is 2.46. The molecule has 0 unspecified atom stereocenters. The first-order valence-electron chi connectivity index (χ1n) is 18.8. The van der Waals surface area contributed by atoms with E-state index in [1.54, 1.807) is 32.4 Å². The van der Waals surface area contributed by atoms with Gasteiger partial charge in [0.25, 0.3) is 12.0 Å². The first kappa shape index (κ1) is 39.7. The van der Waals surface area contributed by atoms with Gasteiger partial charge in [-0.05, 0) is 43.4 Å². The predicted molar refractivity (Wildman–Crippen MR) is 217 cm³/mol. The number of benzene rings is 2. The van der Waals surface area contributed by atoms with Gasteiger partial charge in [-0.15, -0.1) is 0 Å². The van der Waals surface area contributed by atoms with Crippen molar-refractivity contribution in [2.45, 2.75) is 43.7 Å². The lowest BCUT2D eigenvalue weighted by Crippen LogP contribution is -2.61. The molecule has 1 spiro atoms. The third-order valence-electron chi connectivity index (χ3n) is 11.6. The number of nitrogens with one attached hydrogen (secondary N) is 2. The number of aryl methyl sites for hydroxylation is 2. The van der Waals surface area contributed by atoms with Crippen molar-refractivity contribution in [3.63, 3.8) is 0 Å². The Morgan fingerprint density at radius 2 is 1.69 bits per heavy atom. The number of fused-ring (bicyclic) bond motifs is 2. The minimum atomic E-state index is -3.08. The summed E-state index contributed by atoms with van der Waals surface area (Å²) in [6, 6.07) is 12.7. The summed E-state index contributed by atoms with van der Waals surface area (Å²) in [6.45, 7) is 3.34. The van der Waals surface area contributed by atoms with E-state index >= 15 is 0 Å². The van der Waals surface area contributed by atoms with Gasteiger partial charge in [0.2, 0.25) is 5.88 Å². The molecular formula is C40H41Cl2F2N9O5. The van der Waals surface area contributed by atoms with Crippen molar-refractivity contribution < 1.29 is 23.0 Å². The van der Waals surface area contributed by atoms with Crippen LogP contribution in [0.3, 0.4) is 0 Å². The zero-order valence-corrected chi connectivity index (χ0v) is 33.8. The molecule has 2 amide bonds. The summed E-state index contributed by atoms with van der Waals surface area (Å²) in [4.78, 5) is 55.9. The molecule has 8 rings (SSSR count). The molecule has 5 aromatic rings. The van der Waals surface area contributed by atoms with Crippen LogP contribution in [0.2, 0.25) is 10.0 Å². The number of alkyl halides is 2. The number of hydrogen-bond donors (Lipinski definition) is 2. The van der Waals surface area contributed by atoms with Crippen LogP contribution in [0.25, 0.3) is 33.4 Å². The molecular weight excluding hydrogens is 795 g/mol. The van der Waals surface area contributed by atoms with Gasteiger partial charge in [0.1, 0.15) is 11.2 Å². The fourth-order valence-electron chi connectivity index (χ4n) is 8.52. The summed E-state index contributed by atoms with van der Waals surface area (Å²) in [5.41, 5.74) is 2.74. The Morgan fingerprint density at radius 3 is 2.41 bits per heavy atom. The molecule has 3 aliphatic rings. The topological polar surface area (TPSA) is 149 Å². The molecule has 2 aliphatic heterocycles. The molecule has 2 saturated heterocycles. The molecule has 14 nitrogen and oxygen atoms in total. The molecule has 2 atom stereocenters. The fourth-order valence-corrected chi connectivity index (χ4v) is 9.12. The zero-order chi connectivity index (χ0) is 41.0. The molecule has 3 aromatic heterocycles. The first-order valence-corrected chi connectivity index (χ1v) is 19.6. The summed E-state index contributed by atoms with van der Waals surface area (Å²) >= 11 is 14.2. The highest BCUT2D eigenvalue weighted by atomic mass is 35.5. The number of methoxy groups -OCH3 is 2. The number of carbonyl (C=O) groups is 1. The maximum Gasteiger partial charge on any atom is 0.332 e. The van der Waals surface area contributed by atoms with E-state index in [0.29, 0.717) is 53.0 Å². The van der Waals surface area contributed by atoms with Crippen LogP contribution in [0.15, 0.2) is 52.1 Å². The van der Waals surface area contributed by atoms with Crippen molar-refractivity contribution in [2.75, 3.05) is 52.3 Å². The van der Waals surface area contributed by atoms with E-state index in [9.17, 15) is 23.2 Å². The summed E-state index contributed by atoms with van der Waals surface area (Å²) in [5, 5.41) is 6.65. The standard InChI is InChI=1S/C40H41Cl2F2N9O5/c1-50-35-29(37(54)51(2)39(50)56)33(47-34(48-35)32(43)44)45-25-10-6-8-23(31(25)42)22-7-5-9-24(30(22)41)26-19-21-11-12-27(28(21)36(46-26)58-4)53-16-14-40(20-53)13-15-52(17-18-57-3)38(55)49-40/h5-10,19,27,32H,11-18,20H2,1-4H3,(H,49,55)(H,45,47,48)/t27-,40+/m1/s1. The second-order valence-corrected chi connectivity index (χ2v) is 15.7. The lowest BCUT2D eigenvalue weighted by molar-refractivity contribution is 0.114. The Balaban J connectivity index is 1.09. The molecule has 2 fully saturated rings. The van der Waals surface area contributed by atoms with E-state index < -0.39 is 23.5 Å². The minimum absolute atomic E-state index is 0.0479. The molecule has 2 N–H and O–H groups in total. The number of nitrogens with zero attached hydrogens (tertiary/aromatic N) is 7. The highest BCUT2D eigenvalue weighted by molar-refractivity contribution is 6.39. The van der Waals surface area contributed by atoms with Crippen molar-refractivity contribution in [1.82, 2.24) is 39.2 Å². The summed E-state index contributed by atoms with van der Waals surface area (Å²) in [6.07, 6.45) is 0.341. The van der Waals surface area contributed by atoms with Crippen LogP contribution in [0.4, 0.5) is 25.1 Å². The molecule has 2 aromatic carbocycles. The molecule has 0 bridgehead atoms. The van der Waals surface area contributed by atoms with E-state index in [0.717, 1.165) is 59.0 Å². The summed E-state index contributed by atoms with van der Waals surface area (Å²) in [7, 11) is 5.86. The van der Waals surface area contributed by atoms with Gasteiger partial charge in [-0.1, -0.05) is 53.5 Å². The maximum absolute atomic E-state index is 13.9. The Bertz CT molecular complexity index is 2590. The van der Waals surface area contributed by atoms with Gasteiger partial charge in [0, 0.05) is 75.7 Å². The first-order chi connectivity index (χ1) is 27.8. The zero-order valence-electron chi connectivity index (χ0n) is 32.2. The van der Waals surface area contributed by atoms with Gasteiger partial charge in [-0.3, -0.25) is 18.8 Å². The van der Waals surface area contributed by atoms with Crippen molar-refractivity contribution >= 4 is 51.8 Å². The number of halogens is 4. The highest BCUT2D eigenvalue weighted by Crippen LogP contribution is 2.47. The van der Waals surface area contributed by atoms with Crippen LogP contribution in [0.1, 0.15) is 48.7 Å². The SMILES string of the molecule is COCCN1CC[C@@]2(CCN([C@@H]3CCc4cc(-c5cccc(-c6cccc(Nc7nc(C(F)F)nc8c7c(=O)n(C)c(=O)n8C)c6Cl)c5Cl)nc(OC)c43)C2)NC1=O. The number of aromatic nitrogens is 5. The lowest BCUT2D eigenvalue weighted by atomic mass is 9.92. The number of hydrogen-bond acceptors (Lipinski definition) is 10. The summed E-state index contributed by atoms with van der Waals surface area (Å²) in [5.74, 6) is -0.582. The number of carbonyl (C=O) groups excluding carboxylic acids is 1. The molecule has 304 valence electrons. The fraction of sp³-hybridized carbons (Fsp3) is 0.400. The Kier molecular flexibility index (Phi) is 10.6. The Hall–Kier alpha value is -5.16. The summed E-state index contributed by atoms with van der Waals surface area (Å²) < 4.78 is 40.9.